The van der Waals surface area contributed by atoms with Crippen LogP contribution in [0.2, 0.25) is 0 Å². The highest BCUT2D eigenvalue weighted by molar-refractivity contribution is 7.89. The molecule has 2 aromatic carbocycles. The fourth-order valence-corrected chi connectivity index (χ4v) is 10.9. The van der Waals surface area contributed by atoms with E-state index in [1.165, 1.54) is 9.18 Å². The van der Waals surface area contributed by atoms with Gasteiger partial charge in [-0.1, -0.05) is 52.0 Å². The average molecular weight is 839 g/mol. The molecule has 0 radical (unpaired) electrons. The lowest BCUT2D eigenvalue weighted by Crippen LogP contribution is -2.52. The Balaban J connectivity index is 1.41. The van der Waals surface area contributed by atoms with Gasteiger partial charge in [0, 0.05) is 22.8 Å². The van der Waals surface area contributed by atoms with E-state index in [2.05, 4.69) is 38.1 Å². The highest BCUT2D eigenvalue weighted by atomic mass is 32.2. The highest BCUT2D eigenvalue weighted by Gasteiger charge is 2.52. The minimum absolute atomic E-state index is 0.0297. The molecule has 12 heteroatoms. The third-order valence-electron chi connectivity index (χ3n) is 10.6. The normalized spacial score (nSPS) is 19.3. The molecule has 0 N–H and O–H groups in total. The smallest absolute Gasteiger partial charge is 0.412 e. The second-order valence-electron chi connectivity index (χ2n) is 19.6. The molecule has 1 amide bonds. The lowest BCUT2D eigenvalue weighted by Gasteiger charge is -2.35. The molecule has 5 rings (SSSR count). The number of hydrogen-bond acceptors (Lipinski definition) is 9. The first-order valence-corrected chi connectivity index (χ1v) is 22.8. The van der Waals surface area contributed by atoms with Crippen LogP contribution >= 0.6 is 11.3 Å². The van der Waals surface area contributed by atoms with Gasteiger partial charge in [0.25, 0.3) is 0 Å². The molecule has 0 unspecified atom stereocenters. The van der Waals surface area contributed by atoms with E-state index in [1.54, 1.807) is 47.6 Å². The standard InChI is InChI=1S/C46H66N2O8S2/c1-30(2)28-47(58(51,52)34-21-19-33(53-13)20-22-34)29-37-36(48(46(11,12)54-37)42(50)56-44(6,7)8)26-32-16-14-31(15-17-32)18-23-39-40(41(49)55-43(3,4)5)35-27-45(9,10)25-24-38(35)57-39/h14-17,19-22,30,36-37H,18,23-29H2,1-13H3/t36-,37+/m0/s1. The van der Waals surface area contributed by atoms with Crippen LogP contribution in [-0.4, -0.2) is 79.0 Å². The summed E-state index contributed by atoms with van der Waals surface area (Å²) in [6.45, 7) is 23.7. The lowest BCUT2D eigenvalue weighted by atomic mass is 9.76. The van der Waals surface area contributed by atoms with Crippen LogP contribution in [0.15, 0.2) is 53.4 Å². The van der Waals surface area contributed by atoms with Gasteiger partial charge in [-0.3, -0.25) is 4.90 Å². The molecule has 58 heavy (non-hydrogen) atoms. The van der Waals surface area contributed by atoms with Crippen molar-refractivity contribution in [2.45, 2.75) is 156 Å². The molecule has 2 heterocycles. The number of thiophene rings is 1. The van der Waals surface area contributed by atoms with Gasteiger partial charge >= 0.3 is 12.1 Å². The van der Waals surface area contributed by atoms with Crippen LogP contribution in [0.5, 0.6) is 5.75 Å². The molecular weight excluding hydrogens is 773 g/mol. The van der Waals surface area contributed by atoms with Crippen LogP contribution in [0.4, 0.5) is 4.79 Å². The third kappa shape index (κ3) is 11.2. The van der Waals surface area contributed by atoms with Gasteiger partial charge in [-0.25, -0.2) is 18.0 Å². The van der Waals surface area contributed by atoms with Crippen molar-refractivity contribution in [3.63, 3.8) is 0 Å². The van der Waals surface area contributed by atoms with Gasteiger partial charge in [0.2, 0.25) is 10.0 Å². The van der Waals surface area contributed by atoms with Crippen molar-refractivity contribution in [1.29, 1.82) is 0 Å². The van der Waals surface area contributed by atoms with Gasteiger partial charge in [0.05, 0.1) is 29.7 Å². The molecule has 320 valence electrons. The van der Waals surface area contributed by atoms with Crippen molar-refractivity contribution in [3.05, 3.63) is 80.5 Å². The minimum atomic E-state index is -3.93. The van der Waals surface area contributed by atoms with Gasteiger partial charge in [-0.15, -0.1) is 11.3 Å². The zero-order valence-corrected chi connectivity index (χ0v) is 38.6. The number of ether oxygens (including phenoxy) is 4. The summed E-state index contributed by atoms with van der Waals surface area (Å²) in [6.07, 6.45) is 3.66. The molecule has 0 bridgehead atoms. The maximum Gasteiger partial charge on any atom is 0.412 e. The Hall–Kier alpha value is -3.45. The molecule has 10 nitrogen and oxygen atoms in total. The minimum Gasteiger partial charge on any atom is -0.497 e. The van der Waals surface area contributed by atoms with Crippen LogP contribution in [0.25, 0.3) is 0 Å². The Labute approximate surface area is 351 Å². The zero-order chi connectivity index (χ0) is 43.0. The van der Waals surface area contributed by atoms with Crippen LogP contribution in [0, 0.1) is 11.3 Å². The summed E-state index contributed by atoms with van der Waals surface area (Å²) in [4.78, 5) is 31.8. The van der Waals surface area contributed by atoms with Crippen molar-refractivity contribution < 1.29 is 37.0 Å². The molecule has 3 aromatic rings. The van der Waals surface area contributed by atoms with Crippen molar-refractivity contribution in [2.75, 3.05) is 20.2 Å². The van der Waals surface area contributed by atoms with E-state index in [4.69, 9.17) is 18.9 Å². The molecule has 2 atom stereocenters. The number of nitrogens with zero attached hydrogens (tertiary/aromatic N) is 2. The maximum atomic E-state index is 14.2. The van der Waals surface area contributed by atoms with Crippen LogP contribution in [-0.2, 0) is 56.3 Å². The zero-order valence-electron chi connectivity index (χ0n) is 37.0. The number of esters is 1. The summed E-state index contributed by atoms with van der Waals surface area (Å²) in [5.41, 5.74) is 1.75. The van der Waals surface area contributed by atoms with E-state index in [-0.39, 0.29) is 35.3 Å². The monoisotopic (exact) mass is 838 g/mol. The molecule has 1 aromatic heterocycles. The van der Waals surface area contributed by atoms with Crippen LogP contribution in [0.3, 0.4) is 0 Å². The first-order chi connectivity index (χ1) is 26.8. The second-order valence-corrected chi connectivity index (χ2v) is 22.7. The second kappa shape index (κ2) is 17.3. The molecule has 1 aliphatic heterocycles. The predicted octanol–water partition coefficient (Wildman–Crippen LogP) is 9.64. The van der Waals surface area contributed by atoms with E-state index in [1.807, 2.05) is 69.2 Å². The number of hydrogen-bond donors (Lipinski definition) is 0. The van der Waals surface area contributed by atoms with E-state index < -0.39 is 45.2 Å². The number of benzene rings is 2. The summed E-state index contributed by atoms with van der Waals surface area (Å²) in [7, 11) is -2.39. The van der Waals surface area contributed by atoms with Crippen molar-refractivity contribution in [3.8, 4) is 5.75 Å². The number of carbonyl (C=O) groups is 2. The fraction of sp³-hybridized carbons (Fsp3) is 0.609. The molecular formula is C46H66N2O8S2. The molecule has 1 saturated heterocycles. The predicted molar refractivity (Wildman–Crippen MR) is 230 cm³/mol. The van der Waals surface area contributed by atoms with E-state index in [0.717, 1.165) is 59.2 Å². The number of methoxy groups -OCH3 is 1. The van der Waals surface area contributed by atoms with Gasteiger partial charge in [-0.05, 0) is 146 Å². The van der Waals surface area contributed by atoms with Gasteiger partial charge in [-0.2, -0.15) is 4.31 Å². The number of amides is 1. The molecule has 2 aliphatic rings. The summed E-state index contributed by atoms with van der Waals surface area (Å²) in [5, 5.41) is 0. The van der Waals surface area contributed by atoms with Crippen LogP contribution < -0.4 is 4.74 Å². The van der Waals surface area contributed by atoms with Gasteiger partial charge in [0.15, 0.2) is 0 Å². The highest BCUT2D eigenvalue weighted by Crippen LogP contribution is 2.43. The summed E-state index contributed by atoms with van der Waals surface area (Å²) < 4.78 is 53.6. The number of fused-ring (bicyclic) bond motifs is 1. The number of aryl methyl sites for hydroxylation is 3. The Morgan fingerprint density at radius 3 is 2.09 bits per heavy atom. The summed E-state index contributed by atoms with van der Waals surface area (Å²) in [5.74, 6) is 0.360. The first-order valence-electron chi connectivity index (χ1n) is 20.6. The van der Waals surface area contributed by atoms with E-state index in [0.29, 0.717) is 12.2 Å². The van der Waals surface area contributed by atoms with Crippen molar-refractivity contribution in [2.24, 2.45) is 11.3 Å². The summed E-state index contributed by atoms with van der Waals surface area (Å²) in [6, 6.07) is 14.2. The topological polar surface area (TPSA) is 112 Å². The molecule has 1 aliphatic carbocycles. The lowest BCUT2D eigenvalue weighted by molar-refractivity contribution is -0.0807. The van der Waals surface area contributed by atoms with Gasteiger partial charge in [0.1, 0.15) is 22.7 Å². The Morgan fingerprint density at radius 2 is 1.52 bits per heavy atom. The Bertz CT molecular complexity index is 2020. The quantitative estimate of drug-likeness (QED) is 0.157. The molecule has 1 fully saturated rings. The SMILES string of the molecule is COc1ccc(S(=O)(=O)N(CC(C)C)C[C@H]2OC(C)(C)N(C(=O)OC(C)(C)C)[C@H]2Cc2ccc(CCc3sc4c(c3C(=O)OC(C)(C)C)CC(C)(C)CC4)cc2)cc1. The summed E-state index contributed by atoms with van der Waals surface area (Å²) >= 11 is 1.76. The number of sulfonamides is 1. The first kappa shape index (κ1) is 45.6. The maximum absolute atomic E-state index is 14.2. The fourth-order valence-electron chi connectivity index (χ4n) is 7.96. The molecule has 0 saturated carbocycles. The van der Waals surface area contributed by atoms with Crippen molar-refractivity contribution in [1.82, 2.24) is 9.21 Å². The third-order valence-corrected chi connectivity index (χ3v) is 13.8. The Kier molecular flexibility index (Phi) is 13.6. The average Bonchev–Trinajstić information content (AvgIpc) is 3.57. The molecule has 0 spiro atoms. The Morgan fingerprint density at radius 1 is 0.914 bits per heavy atom. The number of rotatable bonds is 13. The van der Waals surface area contributed by atoms with Gasteiger partial charge < -0.3 is 18.9 Å². The van der Waals surface area contributed by atoms with Crippen LogP contribution in [0.1, 0.15) is 126 Å². The largest absolute Gasteiger partial charge is 0.497 e. The van der Waals surface area contributed by atoms with E-state index in [9.17, 15) is 18.0 Å². The number of carbonyl (C=O) groups excluding carboxylic acids is 2. The van der Waals surface area contributed by atoms with E-state index >= 15 is 0 Å². The van der Waals surface area contributed by atoms with Crippen molar-refractivity contribution >= 4 is 33.4 Å².